The van der Waals surface area contributed by atoms with Gasteiger partial charge in [0.25, 0.3) is 0 Å². The number of halogens is 4. The molecule has 0 fully saturated rings. The SMILES string of the molecule is Nc1ncc(Cl)c(OCCCC(F)(F)F)n1. The van der Waals surface area contributed by atoms with Crippen molar-refractivity contribution in [2.75, 3.05) is 12.3 Å². The van der Waals surface area contributed by atoms with E-state index in [1.165, 1.54) is 6.20 Å². The maximum absolute atomic E-state index is 11.8. The van der Waals surface area contributed by atoms with E-state index in [4.69, 9.17) is 22.1 Å². The zero-order chi connectivity index (χ0) is 12.2. The van der Waals surface area contributed by atoms with Gasteiger partial charge in [-0.05, 0) is 6.42 Å². The first-order valence-electron chi connectivity index (χ1n) is 4.36. The average Bonchev–Trinajstić information content (AvgIpc) is 2.16. The smallest absolute Gasteiger partial charge is 0.389 e. The van der Waals surface area contributed by atoms with E-state index < -0.39 is 12.6 Å². The minimum atomic E-state index is -4.18. The van der Waals surface area contributed by atoms with Gasteiger partial charge in [-0.1, -0.05) is 11.6 Å². The lowest BCUT2D eigenvalue weighted by atomic mass is 10.3. The van der Waals surface area contributed by atoms with E-state index in [0.29, 0.717) is 0 Å². The molecule has 0 bridgehead atoms. The van der Waals surface area contributed by atoms with Crippen molar-refractivity contribution >= 4 is 17.5 Å². The average molecular weight is 256 g/mol. The normalized spacial score (nSPS) is 11.5. The van der Waals surface area contributed by atoms with Crippen molar-refractivity contribution < 1.29 is 17.9 Å². The summed E-state index contributed by atoms with van der Waals surface area (Å²) in [6.07, 6.45) is -4.03. The Morgan fingerprint density at radius 1 is 1.44 bits per heavy atom. The van der Waals surface area contributed by atoms with Gasteiger partial charge < -0.3 is 10.5 Å². The maximum atomic E-state index is 11.8. The number of hydrogen-bond acceptors (Lipinski definition) is 4. The molecule has 0 radical (unpaired) electrons. The predicted molar refractivity (Wildman–Crippen MR) is 52.2 cm³/mol. The van der Waals surface area contributed by atoms with Crippen molar-refractivity contribution in [2.45, 2.75) is 19.0 Å². The van der Waals surface area contributed by atoms with Gasteiger partial charge in [0.2, 0.25) is 11.8 Å². The fourth-order valence-electron chi connectivity index (χ4n) is 0.907. The lowest BCUT2D eigenvalue weighted by Crippen LogP contribution is -2.10. The van der Waals surface area contributed by atoms with Gasteiger partial charge in [0, 0.05) is 6.42 Å². The summed E-state index contributed by atoms with van der Waals surface area (Å²) in [5, 5.41) is 0.112. The summed E-state index contributed by atoms with van der Waals surface area (Å²) in [6, 6.07) is 0. The number of alkyl halides is 3. The van der Waals surface area contributed by atoms with E-state index in [2.05, 4.69) is 9.97 Å². The standard InChI is InChI=1S/C8H9ClF3N3O/c9-5-4-14-7(13)15-6(5)16-3-1-2-8(10,11)12/h4H,1-3H2,(H2,13,14,15). The Kier molecular flexibility index (Phi) is 4.17. The minimum absolute atomic E-state index is 0.00339. The third-order valence-electron chi connectivity index (χ3n) is 1.57. The maximum Gasteiger partial charge on any atom is 0.389 e. The van der Waals surface area contributed by atoms with Crippen LogP contribution in [0.4, 0.5) is 19.1 Å². The Morgan fingerprint density at radius 2 is 2.12 bits per heavy atom. The summed E-state index contributed by atoms with van der Waals surface area (Å²) in [5.41, 5.74) is 5.26. The first-order valence-corrected chi connectivity index (χ1v) is 4.74. The summed E-state index contributed by atoms with van der Waals surface area (Å²) in [5.74, 6) is -0.0495. The number of anilines is 1. The highest BCUT2D eigenvalue weighted by Crippen LogP contribution is 2.23. The molecule has 0 aliphatic carbocycles. The molecule has 1 rings (SSSR count). The highest BCUT2D eigenvalue weighted by molar-refractivity contribution is 6.31. The van der Waals surface area contributed by atoms with Gasteiger partial charge in [0.05, 0.1) is 12.8 Å². The number of nitrogens with two attached hydrogens (primary N) is 1. The lowest BCUT2D eigenvalue weighted by Gasteiger charge is -2.08. The molecule has 1 aromatic rings. The molecular formula is C8H9ClF3N3O. The van der Waals surface area contributed by atoms with Gasteiger partial charge >= 0.3 is 6.18 Å². The molecule has 8 heteroatoms. The number of nitrogen functional groups attached to an aromatic ring is 1. The van der Waals surface area contributed by atoms with Gasteiger partial charge in [-0.2, -0.15) is 18.2 Å². The molecule has 4 nitrogen and oxygen atoms in total. The summed E-state index contributed by atoms with van der Waals surface area (Å²) in [4.78, 5) is 7.22. The van der Waals surface area contributed by atoms with E-state index in [1.54, 1.807) is 0 Å². The van der Waals surface area contributed by atoms with Crippen molar-refractivity contribution in [1.29, 1.82) is 0 Å². The topological polar surface area (TPSA) is 61.0 Å². The van der Waals surface area contributed by atoms with Crippen molar-refractivity contribution in [1.82, 2.24) is 9.97 Å². The van der Waals surface area contributed by atoms with Crippen LogP contribution < -0.4 is 10.5 Å². The van der Waals surface area contributed by atoms with Crippen LogP contribution >= 0.6 is 11.6 Å². The summed E-state index contributed by atoms with van der Waals surface area (Å²) >= 11 is 5.64. The first-order chi connectivity index (χ1) is 7.38. The number of ether oxygens (including phenoxy) is 1. The van der Waals surface area contributed by atoms with Crippen LogP contribution in [0.15, 0.2) is 6.20 Å². The Morgan fingerprint density at radius 3 is 2.75 bits per heavy atom. The fraction of sp³-hybridized carbons (Fsp3) is 0.500. The summed E-state index contributed by atoms with van der Waals surface area (Å²) in [6.45, 7) is -0.129. The second-order valence-electron chi connectivity index (χ2n) is 2.95. The van der Waals surface area contributed by atoms with Crippen molar-refractivity contribution in [2.24, 2.45) is 0 Å². The molecule has 0 spiro atoms. The third-order valence-corrected chi connectivity index (χ3v) is 1.83. The summed E-state index contributed by atoms with van der Waals surface area (Å²) in [7, 11) is 0. The van der Waals surface area contributed by atoms with Crippen LogP contribution in [0.2, 0.25) is 5.02 Å². The van der Waals surface area contributed by atoms with Gasteiger partial charge in [-0.15, -0.1) is 0 Å². The number of nitrogens with zero attached hydrogens (tertiary/aromatic N) is 2. The van der Waals surface area contributed by atoms with Crippen molar-refractivity contribution in [3.63, 3.8) is 0 Å². The Bertz CT molecular complexity index is 359. The molecule has 0 aliphatic rings. The van der Waals surface area contributed by atoms with E-state index in [-0.39, 0.29) is 29.9 Å². The van der Waals surface area contributed by atoms with E-state index in [1.807, 2.05) is 0 Å². The molecule has 0 amide bonds. The first kappa shape index (κ1) is 12.8. The Labute approximate surface area is 94.6 Å². The number of aromatic nitrogens is 2. The molecule has 0 saturated heterocycles. The molecule has 1 aromatic heterocycles. The van der Waals surface area contributed by atoms with Crippen LogP contribution in [0, 0.1) is 0 Å². The second kappa shape index (κ2) is 5.20. The van der Waals surface area contributed by atoms with Crippen molar-refractivity contribution in [3.05, 3.63) is 11.2 Å². The molecule has 0 atom stereocenters. The monoisotopic (exact) mass is 255 g/mol. The quantitative estimate of drug-likeness (QED) is 0.840. The zero-order valence-corrected chi connectivity index (χ0v) is 8.85. The van der Waals surface area contributed by atoms with E-state index in [0.717, 1.165) is 0 Å². The molecule has 2 N–H and O–H groups in total. The van der Waals surface area contributed by atoms with Gasteiger partial charge in [0.15, 0.2) is 0 Å². The molecular weight excluding hydrogens is 247 g/mol. The Balaban J connectivity index is 2.40. The van der Waals surface area contributed by atoms with Gasteiger partial charge in [-0.3, -0.25) is 0 Å². The van der Waals surface area contributed by atoms with Crippen LogP contribution in [-0.2, 0) is 0 Å². The third kappa shape index (κ3) is 4.52. The molecule has 90 valence electrons. The number of rotatable bonds is 4. The largest absolute Gasteiger partial charge is 0.476 e. The fourth-order valence-corrected chi connectivity index (χ4v) is 1.05. The van der Waals surface area contributed by atoms with Crippen LogP contribution in [0.3, 0.4) is 0 Å². The van der Waals surface area contributed by atoms with Gasteiger partial charge in [0.1, 0.15) is 5.02 Å². The van der Waals surface area contributed by atoms with E-state index in [9.17, 15) is 13.2 Å². The molecule has 0 aromatic carbocycles. The van der Waals surface area contributed by atoms with Crippen LogP contribution in [-0.4, -0.2) is 22.8 Å². The highest BCUT2D eigenvalue weighted by atomic mass is 35.5. The van der Waals surface area contributed by atoms with Crippen LogP contribution in [0.25, 0.3) is 0 Å². The second-order valence-corrected chi connectivity index (χ2v) is 3.36. The highest BCUT2D eigenvalue weighted by Gasteiger charge is 2.26. The van der Waals surface area contributed by atoms with Crippen LogP contribution in [0.1, 0.15) is 12.8 Å². The predicted octanol–water partition coefficient (Wildman–Crippen LogP) is 2.43. The Hall–Kier alpha value is -1.24. The van der Waals surface area contributed by atoms with Crippen molar-refractivity contribution in [3.8, 4) is 5.88 Å². The molecule has 0 aliphatic heterocycles. The van der Waals surface area contributed by atoms with Crippen LogP contribution in [0.5, 0.6) is 5.88 Å². The molecule has 16 heavy (non-hydrogen) atoms. The minimum Gasteiger partial charge on any atom is -0.476 e. The molecule has 1 heterocycles. The zero-order valence-electron chi connectivity index (χ0n) is 8.09. The summed E-state index contributed by atoms with van der Waals surface area (Å²) < 4.78 is 40.3. The molecule has 0 unspecified atom stereocenters. The van der Waals surface area contributed by atoms with E-state index >= 15 is 0 Å². The molecule has 0 saturated carbocycles. The lowest BCUT2D eigenvalue weighted by molar-refractivity contribution is -0.136. The van der Waals surface area contributed by atoms with Gasteiger partial charge in [-0.25, -0.2) is 4.98 Å². The number of hydrogen-bond donors (Lipinski definition) is 1.